The first-order chi connectivity index (χ1) is 10.2. The quantitative estimate of drug-likeness (QED) is 0.271. The fraction of sp³-hybridized carbons (Fsp3) is 0.895. The van der Waals surface area contributed by atoms with Crippen molar-refractivity contribution in [3.8, 4) is 0 Å². The van der Waals surface area contributed by atoms with Crippen molar-refractivity contribution >= 4 is 24.2 Å². The number of allylic oxidation sites excluding steroid dienone is 2. The van der Waals surface area contributed by atoms with Gasteiger partial charge in [-0.05, 0) is 71.5 Å². The molecular weight excluding hydrogens is 368 g/mol. The Morgan fingerprint density at radius 3 is 2.13 bits per heavy atom. The Kier molecular flexibility index (Phi) is 9.31. The minimum atomic E-state index is -1.65. The lowest BCUT2D eigenvalue weighted by Crippen LogP contribution is -2.43. The minimum absolute atomic E-state index is 0.138. The van der Waals surface area contributed by atoms with Gasteiger partial charge in [-0.3, -0.25) is 0 Å². The SMILES string of the molecule is C/C(=C\CCC(C)O[Si](C)(C)C(C)(C)C)CCC(Br)C(C)(C)O. The summed E-state index contributed by atoms with van der Waals surface area (Å²) in [4.78, 5) is 0.138. The van der Waals surface area contributed by atoms with Gasteiger partial charge in [-0.15, -0.1) is 0 Å². The molecule has 0 aromatic rings. The Morgan fingerprint density at radius 2 is 1.70 bits per heavy atom. The van der Waals surface area contributed by atoms with Gasteiger partial charge in [0.15, 0.2) is 8.32 Å². The maximum absolute atomic E-state index is 9.94. The third-order valence-corrected chi connectivity index (χ3v) is 11.1. The van der Waals surface area contributed by atoms with Crippen molar-refractivity contribution in [3.05, 3.63) is 11.6 Å². The third-order valence-electron chi connectivity index (χ3n) is 4.93. The Bertz CT molecular complexity index is 378. The van der Waals surface area contributed by atoms with Gasteiger partial charge in [0, 0.05) is 10.9 Å². The van der Waals surface area contributed by atoms with E-state index in [1.54, 1.807) is 0 Å². The van der Waals surface area contributed by atoms with Gasteiger partial charge in [-0.25, -0.2) is 0 Å². The predicted molar refractivity (Wildman–Crippen MR) is 109 cm³/mol. The van der Waals surface area contributed by atoms with Gasteiger partial charge in [0.25, 0.3) is 0 Å². The molecule has 2 nitrogen and oxygen atoms in total. The largest absolute Gasteiger partial charge is 0.414 e. The van der Waals surface area contributed by atoms with Crippen molar-refractivity contribution in [1.82, 2.24) is 0 Å². The standard InChI is InChI=1S/C19H39BrO2Si/c1-15(13-14-17(20)19(6,7)21)11-10-12-16(2)22-23(8,9)18(3,4)5/h11,16-17,21H,10,12-14H2,1-9H3/b15-11+. The molecule has 0 heterocycles. The van der Waals surface area contributed by atoms with Crippen LogP contribution in [-0.2, 0) is 4.43 Å². The lowest BCUT2D eigenvalue weighted by Gasteiger charge is -2.38. The average Bonchev–Trinajstić information content (AvgIpc) is 2.32. The average molecular weight is 408 g/mol. The van der Waals surface area contributed by atoms with E-state index in [9.17, 15) is 5.11 Å². The number of rotatable bonds is 9. The molecule has 1 N–H and O–H groups in total. The Morgan fingerprint density at radius 1 is 1.17 bits per heavy atom. The summed E-state index contributed by atoms with van der Waals surface area (Å²) in [5, 5.41) is 10.2. The van der Waals surface area contributed by atoms with E-state index < -0.39 is 13.9 Å². The molecule has 0 amide bonds. The molecule has 0 radical (unpaired) electrons. The van der Waals surface area contributed by atoms with Crippen LogP contribution in [0.15, 0.2) is 11.6 Å². The van der Waals surface area contributed by atoms with Crippen LogP contribution in [0.1, 0.15) is 74.1 Å². The molecule has 0 aromatic heterocycles. The van der Waals surface area contributed by atoms with Gasteiger partial charge >= 0.3 is 0 Å². The van der Waals surface area contributed by atoms with E-state index in [4.69, 9.17) is 4.43 Å². The van der Waals surface area contributed by atoms with E-state index in [-0.39, 0.29) is 9.87 Å². The number of alkyl halides is 1. The molecule has 0 aliphatic carbocycles. The molecule has 0 aromatic carbocycles. The van der Waals surface area contributed by atoms with Gasteiger partial charge in [-0.1, -0.05) is 48.4 Å². The lowest BCUT2D eigenvalue weighted by atomic mass is 9.99. The summed E-state index contributed by atoms with van der Waals surface area (Å²) < 4.78 is 6.40. The minimum Gasteiger partial charge on any atom is -0.414 e. The van der Waals surface area contributed by atoms with Crippen molar-refractivity contribution < 1.29 is 9.53 Å². The zero-order chi connectivity index (χ0) is 18.5. The summed E-state index contributed by atoms with van der Waals surface area (Å²) in [5.41, 5.74) is 0.740. The monoisotopic (exact) mass is 406 g/mol. The van der Waals surface area contributed by atoms with Crippen LogP contribution in [0.4, 0.5) is 0 Å². The molecule has 0 fully saturated rings. The van der Waals surface area contributed by atoms with Crippen molar-refractivity contribution in [3.63, 3.8) is 0 Å². The van der Waals surface area contributed by atoms with Crippen LogP contribution in [0.3, 0.4) is 0 Å². The normalized spacial score (nSPS) is 17.3. The van der Waals surface area contributed by atoms with Crippen LogP contribution < -0.4 is 0 Å². The molecule has 0 aliphatic heterocycles. The second kappa shape index (κ2) is 9.16. The van der Waals surface area contributed by atoms with E-state index >= 15 is 0 Å². The Labute approximate surface area is 154 Å². The number of hydrogen-bond acceptors (Lipinski definition) is 2. The zero-order valence-corrected chi connectivity index (χ0v) is 19.4. The fourth-order valence-corrected chi connectivity index (χ4v) is 3.82. The topological polar surface area (TPSA) is 29.5 Å². The summed E-state index contributed by atoms with van der Waals surface area (Å²) >= 11 is 3.58. The summed E-state index contributed by atoms with van der Waals surface area (Å²) in [7, 11) is -1.65. The van der Waals surface area contributed by atoms with Gasteiger partial charge in [0.2, 0.25) is 0 Å². The summed E-state index contributed by atoms with van der Waals surface area (Å²) in [6.07, 6.45) is 6.78. The molecular formula is C19H39BrO2Si. The molecule has 0 spiro atoms. The van der Waals surface area contributed by atoms with Gasteiger partial charge in [-0.2, -0.15) is 0 Å². The molecule has 2 unspecified atom stereocenters. The third kappa shape index (κ3) is 9.42. The summed E-state index contributed by atoms with van der Waals surface area (Å²) in [5.74, 6) is 0. The lowest BCUT2D eigenvalue weighted by molar-refractivity contribution is 0.0774. The molecule has 0 aliphatic rings. The molecule has 4 heteroatoms. The second-order valence-corrected chi connectivity index (χ2v) is 14.8. The van der Waals surface area contributed by atoms with Crippen LogP contribution in [0.5, 0.6) is 0 Å². The highest BCUT2D eigenvalue weighted by molar-refractivity contribution is 9.09. The molecule has 2 atom stereocenters. The smallest absolute Gasteiger partial charge is 0.192 e. The maximum Gasteiger partial charge on any atom is 0.192 e. The van der Waals surface area contributed by atoms with Crippen molar-refractivity contribution in [2.45, 2.75) is 109 Å². The number of hydrogen-bond donors (Lipinski definition) is 1. The van der Waals surface area contributed by atoms with Crippen LogP contribution >= 0.6 is 15.9 Å². The number of aliphatic hydroxyl groups is 1. The highest BCUT2D eigenvalue weighted by atomic mass is 79.9. The molecule has 138 valence electrons. The van der Waals surface area contributed by atoms with Gasteiger partial charge in [0.1, 0.15) is 0 Å². The predicted octanol–water partition coefficient (Wildman–Crippen LogP) is 6.44. The first-order valence-electron chi connectivity index (χ1n) is 8.86. The van der Waals surface area contributed by atoms with E-state index in [2.05, 4.69) is 69.7 Å². The fourth-order valence-electron chi connectivity index (χ4n) is 2.11. The van der Waals surface area contributed by atoms with E-state index in [0.717, 1.165) is 25.7 Å². The molecule has 0 bridgehead atoms. The first kappa shape index (κ1) is 23.4. The Balaban J connectivity index is 4.22. The molecule has 23 heavy (non-hydrogen) atoms. The highest BCUT2D eigenvalue weighted by Gasteiger charge is 2.38. The van der Waals surface area contributed by atoms with Gasteiger partial charge in [0.05, 0.1) is 5.60 Å². The second-order valence-electron chi connectivity index (χ2n) is 8.98. The van der Waals surface area contributed by atoms with Crippen molar-refractivity contribution in [2.24, 2.45) is 0 Å². The zero-order valence-electron chi connectivity index (χ0n) is 16.8. The first-order valence-corrected chi connectivity index (χ1v) is 12.7. The maximum atomic E-state index is 9.94. The Hall–Kier alpha value is 0.357. The van der Waals surface area contributed by atoms with Crippen molar-refractivity contribution in [1.29, 1.82) is 0 Å². The van der Waals surface area contributed by atoms with Gasteiger partial charge < -0.3 is 9.53 Å². The molecule has 0 rings (SSSR count). The summed E-state index contributed by atoms with van der Waals surface area (Å²) in [6, 6.07) is 0. The van der Waals surface area contributed by atoms with E-state index in [0.29, 0.717) is 6.10 Å². The van der Waals surface area contributed by atoms with Crippen molar-refractivity contribution in [2.75, 3.05) is 0 Å². The highest BCUT2D eigenvalue weighted by Crippen LogP contribution is 2.37. The van der Waals surface area contributed by atoms with Crippen LogP contribution in [0, 0.1) is 0 Å². The summed E-state index contributed by atoms with van der Waals surface area (Å²) in [6.45, 7) is 19.6. The van der Waals surface area contributed by atoms with E-state index in [1.165, 1.54) is 5.57 Å². The number of halogens is 1. The van der Waals surface area contributed by atoms with Crippen LogP contribution in [-0.4, -0.2) is 30.0 Å². The van der Waals surface area contributed by atoms with Crippen LogP contribution in [0.25, 0.3) is 0 Å². The molecule has 0 saturated carbocycles. The van der Waals surface area contributed by atoms with E-state index in [1.807, 2.05) is 13.8 Å². The van der Waals surface area contributed by atoms with Crippen LogP contribution in [0.2, 0.25) is 18.1 Å². The molecule has 0 saturated heterocycles.